The van der Waals surface area contributed by atoms with E-state index in [2.05, 4.69) is 0 Å². The van der Waals surface area contributed by atoms with Gasteiger partial charge in [0.15, 0.2) is 0 Å². The standard InChI is InChI=1S/C8H16N2O2/c1-6(8(9)12)10-4-2-3-7(10)5-11/h6-7,11H,2-5H2,1H3,(H2,9,12). The fourth-order valence-corrected chi connectivity index (χ4v) is 1.73. The highest BCUT2D eigenvalue weighted by Gasteiger charge is 2.30. The van der Waals surface area contributed by atoms with Crippen molar-refractivity contribution in [3.05, 3.63) is 0 Å². The van der Waals surface area contributed by atoms with Gasteiger partial charge in [0.05, 0.1) is 12.6 Å². The lowest BCUT2D eigenvalue weighted by Gasteiger charge is -2.26. The van der Waals surface area contributed by atoms with Crippen molar-refractivity contribution in [2.24, 2.45) is 5.73 Å². The summed E-state index contributed by atoms with van der Waals surface area (Å²) >= 11 is 0. The summed E-state index contributed by atoms with van der Waals surface area (Å²) in [7, 11) is 0. The molecule has 0 aromatic heterocycles. The van der Waals surface area contributed by atoms with Gasteiger partial charge in [0.1, 0.15) is 0 Å². The highest BCUT2D eigenvalue weighted by Crippen LogP contribution is 2.19. The Bertz CT molecular complexity index is 172. The monoisotopic (exact) mass is 172 g/mol. The Balaban J connectivity index is 2.55. The first-order chi connectivity index (χ1) is 5.66. The molecule has 3 N–H and O–H groups in total. The zero-order valence-corrected chi connectivity index (χ0v) is 7.36. The van der Waals surface area contributed by atoms with Gasteiger partial charge in [0, 0.05) is 6.04 Å². The third kappa shape index (κ3) is 1.76. The van der Waals surface area contributed by atoms with E-state index in [1.165, 1.54) is 0 Å². The smallest absolute Gasteiger partial charge is 0.234 e. The van der Waals surface area contributed by atoms with Crippen molar-refractivity contribution >= 4 is 5.91 Å². The van der Waals surface area contributed by atoms with Gasteiger partial charge in [-0.1, -0.05) is 0 Å². The minimum atomic E-state index is -0.310. The number of hydrogen-bond donors (Lipinski definition) is 2. The van der Waals surface area contributed by atoms with Crippen molar-refractivity contribution < 1.29 is 9.90 Å². The first-order valence-corrected chi connectivity index (χ1v) is 4.32. The predicted octanol–water partition coefficient (Wildman–Crippen LogP) is -0.683. The molecule has 1 amide bonds. The zero-order chi connectivity index (χ0) is 9.14. The molecule has 0 saturated carbocycles. The van der Waals surface area contributed by atoms with Crippen molar-refractivity contribution in [1.82, 2.24) is 4.90 Å². The molecule has 0 spiro atoms. The minimum absolute atomic E-state index is 0.123. The second kappa shape index (κ2) is 3.87. The maximum absolute atomic E-state index is 10.8. The maximum atomic E-state index is 10.8. The van der Waals surface area contributed by atoms with Crippen LogP contribution in [-0.4, -0.2) is 41.1 Å². The second-order valence-electron chi connectivity index (χ2n) is 3.29. The van der Waals surface area contributed by atoms with Crippen LogP contribution in [0.1, 0.15) is 19.8 Å². The molecule has 1 aliphatic rings. The van der Waals surface area contributed by atoms with Gasteiger partial charge in [-0.15, -0.1) is 0 Å². The highest BCUT2D eigenvalue weighted by molar-refractivity contribution is 5.79. The summed E-state index contributed by atoms with van der Waals surface area (Å²) in [5, 5.41) is 8.97. The number of aliphatic hydroxyl groups is 1. The molecule has 1 fully saturated rings. The van der Waals surface area contributed by atoms with Gasteiger partial charge in [-0.3, -0.25) is 9.69 Å². The van der Waals surface area contributed by atoms with Gasteiger partial charge in [-0.25, -0.2) is 0 Å². The molecule has 4 nitrogen and oxygen atoms in total. The maximum Gasteiger partial charge on any atom is 0.234 e. The number of carbonyl (C=O) groups excluding carboxylic acids is 1. The van der Waals surface area contributed by atoms with Crippen LogP contribution in [0.25, 0.3) is 0 Å². The van der Waals surface area contributed by atoms with Crippen molar-refractivity contribution in [2.75, 3.05) is 13.2 Å². The van der Waals surface area contributed by atoms with Gasteiger partial charge >= 0.3 is 0 Å². The molecule has 70 valence electrons. The molecule has 2 atom stereocenters. The predicted molar refractivity (Wildman–Crippen MR) is 45.5 cm³/mol. The number of aliphatic hydroxyl groups excluding tert-OH is 1. The van der Waals surface area contributed by atoms with Crippen LogP contribution in [-0.2, 0) is 4.79 Å². The Kier molecular flexibility index (Phi) is 3.05. The average Bonchev–Trinajstić information content (AvgIpc) is 2.49. The summed E-state index contributed by atoms with van der Waals surface area (Å²) in [5.41, 5.74) is 5.17. The summed E-state index contributed by atoms with van der Waals surface area (Å²) in [5.74, 6) is -0.310. The first kappa shape index (κ1) is 9.48. The first-order valence-electron chi connectivity index (χ1n) is 4.32. The van der Waals surface area contributed by atoms with E-state index in [1.807, 2.05) is 4.90 Å². The van der Waals surface area contributed by atoms with Gasteiger partial charge in [-0.05, 0) is 26.3 Å². The van der Waals surface area contributed by atoms with E-state index in [4.69, 9.17) is 10.8 Å². The SMILES string of the molecule is CC(C(N)=O)N1CCCC1CO. The van der Waals surface area contributed by atoms with Crippen LogP contribution in [0.2, 0.25) is 0 Å². The number of hydrogen-bond acceptors (Lipinski definition) is 3. The number of primary amides is 1. The Hall–Kier alpha value is -0.610. The van der Waals surface area contributed by atoms with E-state index in [0.717, 1.165) is 19.4 Å². The van der Waals surface area contributed by atoms with E-state index >= 15 is 0 Å². The quantitative estimate of drug-likeness (QED) is 0.592. The van der Waals surface area contributed by atoms with Crippen LogP contribution in [0, 0.1) is 0 Å². The summed E-state index contributed by atoms with van der Waals surface area (Å²) in [6.45, 7) is 2.78. The van der Waals surface area contributed by atoms with E-state index in [0.29, 0.717) is 0 Å². The molecule has 0 aromatic rings. The molecular weight excluding hydrogens is 156 g/mol. The van der Waals surface area contributed by atoms with Gasteiger partial charge < -0.3 is 10.8 Å². The normalized spacial score (nSPS) is 27.3. The second-order valence-corrected chi connectivity index (χ2v) is 3.29. The lowest BCUT2D eigenvalue weighted by atomic mass is 10.2. The van der Waals surface area contributed by atoms with Crippen molar-refractivity contribution in [2.45, 2.75) is 31.8 Å². The fourth-order valence-electron chi connectivity index (χ4n) is 1.73. The van der Waals surface area contributed by atoms with E-state index in [-0.39, 0.29) is 24.6 Å². The van der Waals surface area contributed by atoms with Crippen molar-refractivity contribution in [3.8, 4) is 0 Å². The molecule has 12 heavy (non-hydrogen) atoms. The third-order valence-corrected chi connectivity index (χ3v) is 2.54. The summed E-state index contributed by atoms with van der Waals surface area (Å²) < 4.78 is 0. The molecular formula is C8H16N2O2. The molecule has 2 unspecified atom stereocenters. The summed E-state index contributed by atoms with van der Waals surface area (Å²) in [6, 6.07) is -0.114. The molecule has 0 radical (unpaired) electrons. The Morgan fingerprint density at radius 2 is 2.50 bits per heavy atom. The van der Waals surface area contributed by atoms with Gasteiger partial charge in [0.25, 0.3) is 0 Å². The van der Waals surface area contributed by atoms with Crippen LogP contribution in [0.4, 0.5) is 0 Å². The molecule has 1 heterocycles. The van der Waals surface area contributed by atoms with Crippen LogP contribution in [0.3, 0.4) is 0 Å². The molecule has 1 saturated heterocycles. The van der Waals surface area contributed by atoms with Crippen LogP contribution < -0.4 is 5.73 Å². The molecule has 0 bridgehead atoms. The molecule has 0 aliphatic carbocycles. The number of rotatable bonds is 3. The molecule has 0 aromatic carbocycles. The van der Waals surface area contributed by atoms with Crippen molar-refractivity contribution in [1.29, 1.82) is 0 Å². The molecule has 1 aliphatic heterocycles. The van der Waals surface area contributed by atoms with E-state index in [9.17, 15) is 4.79 Å². The Morgan fingerprint density at radius 1 is 1.83 bits per heavy atom. The van der Waals surface area contributed by atoms with E-state index in [1.54, 1.807) is 6.92 Å². The summed E-state index contributed by atoms with van der Waals surface area (Å²) in [6.07, 6.45) is 2.01. The zero-order valence-electron chi connectivity index (χ0n) is 7.36. The molecule has 1 rings (SSSR count). The molecule has 4 heteroatoms. The topological polar surface area (TPSA) is 66.6 Å². The summed E-state index contributed by atoms with van der Waals surface area (Å²) in [4.78, 5) is 12.8. The lowest BCUT2D eigenvalue weighted by molar-refractivity contribution is -0.123. The highest BCUT2D eigenvalue weighted by atomic mass is 16.3. The average molecular weight is 172 g/mol. The van der Waals surface area contributed by atoms with Gasteiger partial charge in [-0.2, -0.15) is 0 Å². The van der Waals surface area contributed by atoms with Crippen molar-refractivity contribution in [3.63, 3.8) is 0 Å². The van der Waals surface area contributed by atoms with Gasteiger partial charge in [0.2, 0.25) is 5.91 Å². The number of likely N-dealkylation sites (tertiary alicyclic amines) is 1. The number of nitrogens with zero attached hydrogens (tertiary/aromatic N) is 1. The number of carbonyl (C=O) groups is 1. The van der Waals surface area contributed by atoms with Crippen LogP contribution >= 0.6 is 0 Å². The minimum Gasteiger partial charge on any atom is -0.395 e. The van der Waals surface area contributed by atoms with Crippen LogP contribution in [0.15, 0.2) is 0 Å². The lowest BCUT2D eigenvalue weighted by Crippen LogP contribution is -2.46. The third-order valence-electron chi connectivity index (χ3n) is 2.54. The number of nitrogens with two attached hydrogens (primary N) is 1. The largest absolute Gasteiger partial charge is 0.395 e. The Morgan fingerprint density at radius 3 is 3.00 bits per heavy atom. The van der Waals surface area contributed by atoms with Crippen LogP contribution in [0.5, 0.6) is 0 Å². The Labute approximate surface area is 72.3 Å². The fraction of sp³-hybridized carbons (Fsp3) is 0.875. The van der Waals surface area contributed by atoms with E-state index < -0.39 is 0 Å². The number of amides is 1.